The minimum absolute atomic E-state index is 0.178. The van der Waals surface area contributed by atoms with Gasteiger partial charge in [-0.25, -0.2) is 9.59 Å². The van der Waals surface area contributed by atoms with Crippen LogP contribution in [0.4, 0.5) is 4.79 Å². The van der Waals surface area contributed by atoms with Gasteiger partial charge in [-0.3, -0.25) is 10.1 Å². The number of amides is 1. The highest BCUT2D eigenvalue weighted by molar-refractivity contribution is 5.99. The number of carbonyl (C=O) groups is 2. The lowest BCUT2D eigenvalue weighted by Crippen LogP contribution is -2.21. The minimum atomic E-state index is -0.830. The largest absolute Gasteiger partial charge is 0.507 e. The summed E-state index contributed by atoms with van der Waals surface area (Å²) < 4.78 is 15.5. The molecular weight excluding hydrogens is 462 g/mol. The molecule has 36 heavy (non-hydrogen) atoms. The maximum Gasteiger partial charge on any atom is 0.410 e. The monoisotopic (exact) mass is 501 g/mol. The number of ketones is 1. The zero-order valence-corrected chi connectivity index (χ0v) is 21.8. The Labute approximate surface area is 212 Å². The van der Waals surface area contributed by atoms with Crippen molar-refractivity contribution in [2.45, 2.75) is 84.5 Å². The van der Waals surface area contributed by atoms with Crippen molar-refractivity contribution in [3.63, 3.8) is 0 Å². The second-order valence-corrected chi connectivity index (χ2v) is 9.25. The standard InChI is InChI=1S/C28H39NO7/c1-5-6-7-8-12-21-16-22(35-18-21)14-13-20(3)26(31)25-23(30)17-24(36-27(25)32)19(2)11-9-10-15-29-28(33)34-4/h10,15-20,30H,5-9,11-14H2,1-4H3,(H,29,33)/b15-10+. The molecular formula is C28H39NO7. The van der Waals surface area contributed by atoms with Crippen LogP contribution in [-0.2, 0) is 17.6 Å². The quantitative estimate of drug-likeness (QED) is 0.218. The van der Waals surface area contributed by atoms with Crippen LogP contribution in [0.5, 0.6) is 5.75 Å². The van der Waals surface area contributed by atoms with E-state index in [-0.39, 0.29) is 17.2 Å². The van der Waals surface area contributed by atoms with Crippen LogP contribution < -0.4 is 10.9 Å². The molecule has 0 aliphatic heterocycles. The molecule has 0 aromatic carbocycles. The van der Waals surface area contributed by atoms with Crippen LogP contribution in [0, 0.1) is 5.92 Å². The van der Waals surface area contributed by atoms with Crippen LogP contribution in [0.1, 0.15) is 99.1 Å². The molecule has 198 valence electrons. The van der Waals surface area contributed by atoms with Gasteiger partial charge in [0.2, 0.25) is 0 Å². The third-order valence-electron chi connectivity index (χ3n) is 6.25. The van der Waals surface area contributed by atoms with E-state index in [1.165, 1.54) is 44.2 Å². The van der Waals surface area contributed by atoms with Gasteiger partial charge in [-0.05, 0) is 43.7 Å². The molecule has 8 heteroatoms. The molecule has 2 aromatic heterocycles. The lowest BCUT2D eigenvalue weighted by molar-refractivity contribution is 0.0915. The van der Waals surface area contributed by atoms with Crippen molar-refractivity contribution in [3.8, 4) is 5.75 Å². The maximum absolute atomic E-state index is 12.9. The van der Waals surface area contributed by atoms with Gasteiger partial charge in [0.1, 0.15) is 22.8 Å². The van der Waals surface area contributed by atoms with Crippen LogP contribution in [0.25, 0.3) is 0 Å². The first kappa shape index (κ1) is 28.9. The van der Waals surface area contributed by atoms with Crippen molar-refractivity contribution in [1.82, 2.24) is 5.32 Å². The maximum atomic E-state index is 12.9. The Morgan fingerprint density at radius 1 is 1.14 bits per heavy atom. The number of hydrogen-bond acceptors (Lipinski definition) is 7. The first-order chi connectivity index (χ1) is 17.3. The lowest BCUT2D eigenvalue weighted by Gasteiger charge is -2.13. The average molecular weight is 502 g/mol. The highest BCUT2D eigenvalue weighted by Crippen LogP contribution is 2.27. The lowest BCUT2D eigenvalue weighted by atomic mass is 9.94. The van der Waals surface area contributed by atoms with Gasteiger partial charge in [0.05, 0.1) is 13.4 Å². The summed E-state index contributed by atoms with van der Waals surface area (Å²) in [6.45, 7) is 5.78. The predicted octanol–water partition coefficient (Wildman–Crippen LogP) is 6.27. The molecule has 0 aliphatic carbocycles. The van der Waals surface area contributed by atoms with Crippen LogP contribution >= 0.6 is 0 Å². The number of aryl methyl sites for hydroxylation is 2. The topological polar surface area (TPSA) is 119 Å². The molecule has 0 bridgehead atoms. The molecule has 2 unspecified atom stereocenters. The van der Waals surface area contributed by atoms with Gasteiger partial charge >= 0.3 is 11.7 Å². The van der Waals surface area contributed by atoms with Gasteiger partial charge in [0, 0.05) is 30.5 Å². The molecule has 0 radical (unpaired) electrons. The molecule has 2 aromatic rings. The average Bonchev–Trinajstić information content (AvgIpc) is 3.31. The molecule has 2 heterocycles. The Morgan fingerprint density at radius 2 is 1.92 bits per heavy atom. The number of Topliss-reactive ketones (excluding diaryl/α,β-unsaturated/α-hetero) is 1. The number of hydrogen-bond donors (Lipinski definition) is 2. The summed E-state index contributed by atoms with van der Waals surface area (Å²) in [5.41, 5.74) is 0.0268. The van der Waals surface area contributed by atoms with Gasteiger partial charge in [0.25, 0.3) is 0 Å². The molecule has 8 nitrogen and oxygen atoms in total. The normalized spacial score (nSPS) is 13.0. The van der Waals surface area contributed by atoms with E-state index < -0.39 is 23.4 Å². The molecule has 0 spiro atoms. The van der Waals surface area contributed by atoms with Gasteiger partial charge < -0.3 is 18.7 Å². The van der Waals surface area contributed by atoms with Gasteiger partial charge in [0.15, 0.2) is 5.78 Å². The van der Waals surface area contributed by atoms with E-state index in [4.69, 9.17) is 8.83 Å². The summed E-state index contributed by atoms with van der Waals surface area (Å²) >= 11 is 0. The fraction of sp³-hybridized carbons (Fsp3) is 0.536. The molecule has 0 saturated heterocycles. The van der Waals surface area contributed by atoms with Crippen molar-refractivity contribution in [2.24, 2.45) is 5.92 Å². The van der Waals surface area contributed by atoms with E-state index in [0.29, 0.717) is 31.4 Å². The summed E-state index contributed by atoms with van der Waals surface area (Å²) in [6, 6.07) is 3.38. The van der Waals surface area contributed by atoms with Crippen molar-refractivity contribution in [1.29, 1.82) is 0 Å². The summed E-state index contributed by atoms with van der Waals surface area (Å²) in [5.74, 6) is -0.339. The van der Waals surface area contributed by atoms with Crippen molar-refractivity contribution < 1.29 is 28.3 Å². The Balaban J connectivity index is 1.91. The molecule has 2 rings (SSSR count). The highest BCUT2D eigenvalue weighted by atomic mass is 16.5. The third kappa shape index (κ3) is 9.06. The molecule has 0 fully saturated rings. The van der Waals surface area contributed by atoms with Crippen LogP contribution in [0.2, 0.25) is 0 Å². The number of carbonyl (C=O) groups excluding carboxylic acids is 2. The number of methoxy groups -OCH3 is 1. The predicted molar refractivity (Wildman–Crippen MR) is 137 cm³/mol. The molecule has 2 atom stereocenters. The SMILES string of the molecule is CCCCCCc1coc(CCC(C)C(=O)c2c(O)cc(C(C)CC/C=C/NC(=O)OC)oc2=O)c1. The Kier molecular flexibility index (Phi) is 12.0. The van der Waals surface area contributed by atoms with Gasteiger partial charge in [-0.1, -0.05) is 46.1 Å². The minimum Gasteiger partial charge on any atom is -0.507 e. The summed E-state index contributed by atoms with van der Waals surface area (Å²) in [6.07, 6.45) is 12.5. The molecule has 2 N–H and O–H groups in total. The van der Waals surface area contributed by atoms with Crippen LogP contribution in [0.15, 0.2) is 44.3 Å². The highest BCUT2D eigenvalue weighted by Gasteiger charge is 2.25. The van der Waals surface area contributed by atoms with E-state index in [1.54, 1.807) is 19.3 Å². The van der Waals surface area contributed by atoms with Crippen LogP contribution in [-0.4, -0.2) is 24.1 Å². The second kappa shape index (κ2) is 15.0. The third-order valence-corrected chi connectivity index (χ3v) is 6.25. The number of allylic oxidation sites excluding steroid dienone is 1. The van der Waals surface area contributed by atoms with Gasteiger partial charge in [-0.2, -0.15) is 0 Å². The molecule has 0 saturated carbocycles. The smallest absolute Gasteiger partial charge is 0.410 e. The number of ether oxygens (including phenoxy) is 1. The summed E-state index contributed by atoms with van der Waals surface area (Å²) in [7, 11) is 1.28. The van der Waals surface area contributed by atoms with E-state index >= 15 is 0 Å². The zero-order chi connectivity index (χ0) is 26.5. The van der Waals surface area contributed by atoms with E-state index in [1.807, 2.05) is 13.0 Å². The number of nitrogens with one attached hydrogen (secondary N) is 1. The second-order valence-electron chi connectivity index (χ2n) is 9.25. The Hall–Kier alpha value is -3.29. The number of alkyl carbamates (subject to hydrolysis) is 1. The van der Waals surface area contributed by atoms with Crippen molar-refractivity contribution in [3.05, 3.63) is 63.7 Å². The van der Waals surface area contributed by atoms with E-state index in [2.05, 4.69) is 17.0 Å². The van der Waals surface area contributed by atoms with Crippen molar-refractivity contribution >= 4 is 11.9 Å². The van der Waals surface area contributed by atoms with Gasteiger partial charge in [-0.15, -0.1) is 0 Å². The van der Waals surface area contributed by atoms with Crippen molar-refractivity contribution in [2.75, 3.05) is 7.11 Å². The summed E-state index contributed by atoms with van der Waals surface area (Å²) in [4.78, 5) is 36.5. The fourth-order valence-corrected chi connectivity index (χ4v) is 3.91. The number of rotatable bonds is 15. The summed E-state index contributed by atoms with van der Waals surface area (Å²) in [5, 5.41) is 12.9. The van der Waals surface area contributed by atoms with E-state index in [9.17, 15) is 19.5 Å². The first-order valence-corrected chi connectivity index (χ1v) is 12.7. The number of furan rings is 1. The first-order valence-electron chi connectivity index (χ1n) is 12.7. The molecule has 1 amide bonds. The Bertz CT molecular complexity index is 1070. The van der Waals surface area contributed by atoms with E-state index in [0.717, 1.165) is 18.6 Å². The zero-order valence-electron chi connectivity index (χ0n) is 21.8. The number of unbranched alkanes of at least 4 members (excludes halogenated alkanes) is 3. The Morgan fingerprint density at radius 3 is 2.61 bits per heavy atom. The molecule has 0 aliphatic rings. The fourth-order valence-electron chi connectivity index (χ4n) is 3.91. The number of aromatic hydroxyl groups is 1. The van der Waals surface area contributed by atoms with Crippen LogP contribution in [0.3, 0.4) is 0 Å².